The second-order valence-corrected chi connectivity index (χ2v) is 2.48. The quantitative estimate of drug-likeness (QED) is 0.655. The summed E-state index contributed by atoms with van der Waals surface area (Å²) < 4.78 is 30.3. The van der Waals surface area contributed by atoms with Gasteiger partial charge >= 0.3 is 0 Å². The van der Waals surface area contributed by atoms with Gasteiger partial charge in [-0.25, -0.2) is 8.78 Å². The third kappa shape index (κ3) is 1.67. The highest BCUT2D eigenvalue weighted by atomic mass is 35.5. The largest absolute Gasteiger partial charge is 0.494 e. The van der Waals surface area contributed by atoms with Crippen LogP contribution in [-0.4, -0.2) is 7.11 Å². The molecule has 4 heteroatoms. The lowest BCUT2D eigenvalue weighted by molar-refractivity contribution is 0.381. The van der Waals surface area contributed by atoms with Gasteiger partial charge in [-0.15, -0.1) is 11.6 Å². The normalized spacial score (nSPS) is 10.0. The van der Waals surface area contributed by atoms with Crippen LogP contribution in [0.2, 0.25) is 0 Å². The van der Waals surface area contributed by atoms with Crippen molar-refractivity contribution in [2.24, 2.45) is 0 Å². The molecular formula is C8H7ClF2O. The van der Waals surface area contributed by atoms with Gasteiger partial charge in [0.15, 0.2) is 11.6 Å². The van der Waals surface area contributed by atoms with Gasteiger partial charge < -0.3 is 4.74 Å². The van der Waals surface area contributed by atoms with Gasteiger partial charge in [-0.3, -0.25) is 0 Å². The molecule has 1 aromatic carbocycles. The summed E-state index contributed by atoms with van der Waals surface area (Å²) in [6.07, 6.45) is 0. The number of hydrogen-bond donors (Lipinski definition) is 0. The molecule has 0 unspecified atom stereocenters. The monoisotopic (exact) mass is 192 g/mol. The lowest BCUT2D eigenvalue weighted by atomic mass is 10.2. The van der Waals surface area contributed by atoms with Crippen molar-refractivity contribution in [3.8, 4) is 5.75 Å². The SMILES string of the molecule is COc1cc(F)cc(CCl)c1F. The van der Waals surface area contributed by atoms with Crippen LogP contribution in [0.1, 0.15) is 5.56 Å². The van der Waals surface area contributed by atoms with Crippen LogP contribution >= 0.6 is 11.6 Å². The predicted octanol–water partition coefficient (Wildman–Crippen LogP) is 2.71. The molecule has 0 bridgehead atoms. The van der Waals surface area contributed by atoms with Gasteiger partial charge in [-0.2, -0.15) is 0 Å². The summed E-state index contributed by atoms with van der Waals surface area (Å²) in [6.45, 7) is 0. The van der Waals surface area contributed by atoms with Crippen molar-refractivity contribution >= 4 is 11.6 Å². The van der Waals surface area contributed by atoms with Gasteiger partial charge in [0.1, 0.15) is 5.82 Å². The third-order valence-electron chi connectivity index (χ3n) is 1.44. The summed E-state index contributed by atoms with van der Waals surface area (Å²) in [5, 5.41) is 0. The number of rotatable bonds is 2. The summed E-state index contributed by atoms with van der Waals surface area (Å²) in [4.78, 5) is 0. The number of methoxy groups -OCH3 is 1. The second-order valence-electron chi connectivity index (χ2n) is 2.21. The number of alkyl halides is 1. The van der Waals surface area contributed by atoms with Crippen LogP contribution in [0.5, 0.6) is 5.75 Å². The standard InChI is InChI=1S/C8H7ClF2O/c1-12-7-3-6(10)2-5(4-9)8(7)11/h2-3H,4H2,1H3. The zero-order valence-corrected chi connectivity index (χ0v) is 7.16. The molecule has 0 N–H and O–H groups in total. The van der Waals surface area contributed by atoms with Crippen molar-refractivity contribution in [3.63, 3.8) is 0 Å². The molecular weight excluding hydrogens is 186 g/mol. The molecule has 0 aliphatic carbocycles. The minimum atomic E-state index is -0.603. The van der Waals surface area contributed by atoms with Crippen LogP contribution in [-0.2, 0) is 5.88 Å². The highest BCUT2D eigenvalue weighted by Gasteiger charge is 2.09. The van der Waals surface area contributed by atoms with E-state index in [4.69, 9.17) is 11.6 Å². The molecule has 0 aliphatic rings. The van der Waals surface area contributed by atoms with Crippen LogP contribution in [0.15, 0.2) is 12.1 Å². The fourth-order valence-corrected chi connectivity index (χ4v) is 1.06. The van der Waals surface area contributed by atoms with Gasteiger partial charge in [0.25, 0.3) is 0 Å². The van der Waals surface area contributed by atoms with Crippen LogP contribution in [0.25, 0.3) is 0 Å². The van der Waals surface area contributed by atoms with Gasteiger partial charge in [0, 0.05) is 11.6 Å². The molecule has 66 valence electrons. The number of benzene rings is 1. The first-order valence-electron chi connectivity index (χ1n) is 3.27. The van der Waals surface area contributed by atoms with E-state index in [0.717, 1.165) is 12.1 Å². The van der Waals surface area contributed by atoms with Crippen molar-refractivity contribution in [1.82, 2.24) is 0 Å². The Bertz CT molecular complexity index is 263. The van der Waals surface area contributed by atoms with E-state index < -0.39 is 11.6 Å². The minimum Gasteiger partial charge on any atom is -0.494 e. The zero-order valence-electron chi connectivity index (χ0n) is 6.40. The van der Waals surface area contributed by atoms with Crippen LogP contribution in [0, 0.1) is 11.6 Å². The average molecular weight is 193 g/mol. The summed E-state index contributed by atoms with van der Waals surface area (Å²) in [5.74, 6) is -1.34. The average Bonchev–Trinajstić information content (AvgIpc) is 2.08. The van der Waals surface area contributed by atoms with E-state index in [0.29, 0.717) is 0 Å². The summed E-state index contributed by atoms with van der Waals surface area (Å²) in [6, 6.07) is 2.02. The summed E-state index contributed by atoms with van der Waals surface area (Å²) in [5.41, 5.74) is 0.105. The maximum atomic E-state index is 13.1. The highest BCUT2D eigenvalue weighted by Crippen LogP contribution is 2.23. The Labute approximate surface area is 73.9 Å². The third-order valence-corrected chi connectivity index (χ3v) is 1.73. The molecule has 1 rings (SSSR count). The number of halogens is 3. The van der Waals surface area contributed by atoms with E-state index in [1.54, 1.807) is 0 Å². The molecule has 12 heavy (non-hydrogen) atoms. The van der Waals surface area contributed by atoms with Gasteiger partial charge in [0.05, 0.1) is 13.0 Å². The molecule has 1 nitrogen and oxygen atoms in total. The molecule has 0 atom stereocenters. The van der Waals surface area contributed by atoms with Gasteiger partial charge in [0.2, 0.25) is 0 Å². The number of ether oxygens (including phenoxy) is 1. The van der Waals surface area contributed by atoms with E-state index in [2.05, 4.69) is 4.74 Å². The van der Waals surface area contributed by atoms with Crippen LogP contribution in [0.3, 0.4) is 0 Å². The van der Waals surface area contributed by atoms with E-state index >= 15 is 0 Å². The topological polar surface area (TPSA) is 9.23 Å². The van der Waals surface area contributed by atoms with E-state index in [1.165, 1.54) is 7.11 Å². The molecule has 0 radical (unpaired) electrons. The Kier molecular flexibility index (Phi) is 2.87. The minimum absolute atomic E-state index is 0.0695. The first-order chi connectivity index (χ1) is 5.69. The van der Waals surface area contributed by atoms with Crippen molar-refractivity contribution < 1.29 is 13.5 Å². The van der Waals surface area contributed by atoms with Crippen molar-refractivity contribution in [1.29, 1.82) is 0 Å². The fourth-order valence-electron chi connectivity index (χ4n) is 0.864. The van der Waals surface area contributed by atoms with E-state index in [9.17, 15) is 8.78 Å². The van der Waals surface area contributed by atoms with E-state index in [-0.39, 0.29) is 17.2 Å². The molecule has 0 spiro atoms. The maximum Gasteiger partial charge on any atom is 0.169 e. The first kappa shape index (κ1) is 9.26. The summed E-state index contributed by atoms with van der Waals surface area (Å²) >= 11 is 5.37. The molecule has 1 aromatic rings. The first-order valence-corrected chi connectivity index (χ1v) is 3.80. The molecule has 0 fully saturated rings. The van der Waals surface area contributed by atoms with Gasteiger partial charge in [-0.05, 0) is 6.07 Å². The molecule has 0 amide bonds. The summed E-state index contributed by atoms with van der Waals surface area (Å²) in [7, 11) is 1.27. The molecule has 0 aromatic heterocycles. The second kappa shape index (κ2) is 3.72. The maximum absolute atomic E-state index is 13.1. The molecule has 0 heterocycles. The van der Waals surface area contributed by atoms with Crippen molar-refractivity contribution in [3.05, 3.63) is 29.3 Å². The van der Waals surface area contributed by atoms with Crippen LogP contribution < -0.4 is 4.74 Å². The Hall–Kier alpha value is -0.830. The Morgan fingerprint density at radius 3 is 2.58 bits per heavy atom. The molecule has 0 saturated carbocycles. The number of hydrogen-bond acceptors (Lipinski definition) is 1. The van der Waals surface area contributed by atoms with Gasteiger partial charge in [-0.1, -0.05) is 0 Å². The zero-order chi connectivity index (χ0) is 9.14. The Balaban J connectivity index is 3.22. The van der Waals surface area contributed by atoms with Crippen molar-refractivity contribution in [2.45, 2.75) is 5.88 Å². The van der Waals surface area contributed by atoms with E-state index in [1.807, 2.05) is 0 Å². The lowest BCUT2D eigenvalue weighted by Gasteiger charge is -2.04. The molecule has 0 aliphatic heterocycles. The smallest absolute Gasteiger partial charge is 0.169 e. The highest BCUT2D eigenvalue weighted by molar-refractivity contribution is 6.17. The fraction of sp³-hybridized carbons (Fsp3) is 0.250. The van der Waals surface area contributed by atoms with Crippen molar-refractivity contribution in [2.75, 3.05) is 7.11 Å². The van der Waals surface area contributed by atoms with Crippen LogP contribution in [0.4, 0.5) is 8.78 Å². The Morgan fingerprint density at radius 1 is 1.42 bits per heavy atom. The predicted molar refractivity (Wildman–Crippen MR) is 42.5 cm³/mol. The molecule has 0 saturated heterocycles. The lowest BCUT2D eigenvalue weighted by Crippen LogP contribution is -1.94. The Morgan fingerprint density at radius 2 is 2.08 bits per heavy atom.